The van der Waals surface area contributed by atoms with Crippen molar-refractivity contribution >= 4 is 33.9 Å². The molecule has 0 fully saturated rings. The average Bonchev–Trinajstić information content (AvgIpc) is 2.75. The van der Waals surface area contributed by atoms with Crippen molar-refractivity contribution in [3.8, 4) is 0 Å². The number of nitrogens with zero attached hydrogens (tertiary/aromatic N) is 2. The van der Waals surface area contributed by atoms with Crippen LogP contribution < -0.4 is 10.6 Å². The average molecular weight is 394 g/mol. The molecule has 0 saturated carbocycles. The lowest BCUT2D eigenvalue weighted by molar-refractivity contribution is 0.102. The highest BCUT2D eigenvalue weighted by Gasteiger charge is 2.14. The van der Waals surface area contributed by atoms with Gasteiger partial charge in [0.05, 0.1) is 28.8 Å². The number of carbonyl (C=O) groups is 1. The van der Waals surface area contributed by atoms with Crippen molar-refractivity contribution in [2.24, 2.45) is 0 Å². The number of halogens is 3. The number of para-hydroxylation sites is 1. The van der Waals surface area contributed by atoms with Gasteiger partial charge in [0.2, 0.25) is 0 Å². The first-order valence-electron chi connectivity index (χ1n) is 8.54. The molecule has 0 aliphatic heterocycles. The SMILES string of the molecule is O=C(Nc1cccc2cccnc12)c1ccc(Nc2ccc(F)c(F)c2F)cn1. The van der Waals surface area contributed by atoms with E-state index in [1.165, 1.54) is 18.3 Å². The molecule has 2 aromatic heterocycles. The Bertz CT molecular complexity index is 1210. The number of fused-ring (bicyclic) bond motifs is 1. The van der Waals surface area contributed by atoms with Gasteiger partial charge < -0.3 is 10.6 Å². The lowest BCUT2D eigenvalue weighted by Gasteiger charge is -2.10. The van der Waals surface area contributed by atoms with E-state index < -0.39 is 23.4 Å². The van der Waals surface area contributed by atoms with Gasteiger partial charge in [0.15, 0.2) is 17.5 Å². The van der Waals surface area contributed by atoms with E-state index in [9.17, 15) is 18.0 Å². The predicted octanol–water partition coefficient (Wildman–Crippen LogP) is 5.04. The largest absolute Gasteiger partial charge is 0.352 e. The second-order valence-corrected chi connectivity index (χ2v) is 6.11. The van der Waals surface area contributed by atoms with Crippen LogP contribution in [-0.2, 0) is 0 Å². The van der Waals surface area contributed by atoms with Crippen LogP contribution in [0.2, 0.25) is 0 Å². The molecule has 4 aromatic rings. The number of pyridine rings is 2. The molecule has 8 heteroatoms. The number of hydrogen-bond acceptors (Lipinski definition) is 4. The van der Waals surface area contributed by atoms with E-state index >= 15 is 0 Å². The molecular weight excluding hydrogens is 381 g/mol. The van der Waals surface area contributed by atoms with Crippen molar-refractivity contribution in [3.05, 3.63) is 90.1 Å². The van der Waals surface area contributed by atoms with Crippen molar-refractivity contribution in [1.29, 1.82) is 0 Å². The lowest BCUT2D eigenvalue weighted by Crippen LogP contribution is -2.14. The minimum Gasteiger partial charge on any atom is -0.352 e. The number of benzene rings is 2. The fraction of sp³-hybridized carbons (Fsp3) is 0. The molecule has 0 unspecified atom stereocenters. The summed E-state index contributed by atoms with van der Waals surface area (Å²) < 4.78 is 40.1. The quantitative estimate of drug-likeness (QED) is 0.476. The van der Waals surface area contributed by atoms with Gasteiger partial charge in [-0.1, -0.05) is 18.2 Å². The van der Waals surface area contributed by atoms with Crippen molar-refractivity contribution in [3.63, 3.8) is 0 Å². The maximum absolute atomic E-state index is 13.8. The Morgan fingerprint density at radius 3 is 2.45 bits per heavy atom. The summed E-state index contributed by atoms with van der Waals surface area (Å²) in [5, 5.41) is 6.23. The zero-order valence-electron chi connectivity index (χ0n) is 14.8. The van der Waals surface area contributed by atoms with E-state index in [0.29, 0.717) is 16.9 Å². The van der Waals surface area contributed by atoms with Gasteiger partial charge >= 0.3 is 0 Å². The van der Waals surface area contributed by atoms with Crippen molar-refractivity contribution in [1.82, 2.24) is 9.97 Å². The van der Waals surface area contributed by atoms with Gasteiger partial charge in [0.1, 0.15) is 5.69 Å². The fourth-order valence-corrected chi connectivity index (χ4v) is 2.77. The van der Waals surface area contributed by atoms with Gasteiger partial charge in [-0.15, -0.1) is 0 Å². The Morgan fingerprint density at radius 2 is 1.66 bits per heavy atom. The zero-order valence-corrected chi connectivity index (χ0v) is 14.8. The van der Waals surface area contributed by atoms with Gasteiger partial charge in [0.25, 0.3) is 5.91 Å². The molecule has 0 saturated heterocycles. The lowest BCUT2D eigenvalue weighted by atomic mass is 10.2. The number of nitrogens with one attached hydrogen (secondary N) is 2. The number of carbonyl (C=O) groups excluding carboxylic acids is 1. The van der Waals surface area contributed by atoms with Crippen molar-refractivity contribution in [2.45, 2.75) is 0 Å². The minimum absolute atomic E-state index is 0.120. The summed E-state index contributed by atoms with van der Waals surface area (Å²) in [5.41, 5.74) is 1.37. The molecular formula is C21H13F3N4O. The summed E-state index contributed by atoms with van der Waals surface area (Å²) in [7, 11) is 0. The molecule has 2 aromatic carbocycles. The Hall–Kier alpha value is -3.94. The normalized spacial score (nSPS) is 10.7. The minimum atomic E-state index is -1.57. The van der Waals surface area contributed by atoms with Crippen LogP contribution in [0.3, 0.4) is 0 Å². The van der Waals surface area contributed by atoms with E-state index in [1.54, 1.807) is 24.4 Å². The van der Waals surface area contributed by atoms with Crippen LogP contribution in [-0.4, -0.2) is 15.9 Å². The van der Waals surface area contributed by atoms with E-state index in [1.807, 2.05) is 12.1 Å². The van der Waals surface area contributed by atoms with E-state index in [4.69, 9.17) is 0 Å². The van der Waals surface area contributed by atoms with Crippen molar-refractivity contribution < 1.29 is 18.0 Å². The van der Waals surface area contributed by atoms with Gasteiger partial charge in [-0.25, -0.2) is 18.2 Å². The predicted molar refractivity (Wildman–Crippen MR) is 104 cm³/mol. The second kappa shape index (κ2) is 7.59. The highest BCUT2D eigenvalue weighted by molar-refractivity contribution is 6.07. The summed E-state index contributed by atoms with van der Waals surface area (Å²) >= 11 is 0. The van der Waals surface area contributed by atoms with Crippen LogP contribution in [0.5, 0.6) is 0 Å². The highest BCUT2D eigenvalue weighted by atomic mass is 19.2. The van der Waals surface area contributed by atoms with Gasteiger partial charge in [0, 0.05) is 11.6 Å². The number of amides is 1. The highest BCUT2D eigenvalue weighted by Crippen LogP contribution is 2.24. The van der Waals surface area contributed by atoms with E-state index in [2.05, 4.69) is 20.6 Å². The third kappa shape index (κ3) is 3.73. The van der Waals surface area contributed by atoms with Crippen LogP contribution >= 0.6 is 0 Å². The third-order valence-electron chi connectivity index (χ3n) is 4.19. The Kier molecular flexibility index (Phi) is 4.82. The molecule has 29 heavy (non-hydrogen) atoms. The number of aromatic nitrogens is 2. The standard InChI is InChI=1S/C21H13F3N4O/c22-14-7-9-15(19(24)18(14)23)27-13-6-8-17(26-11-13)21(29)28-16-5-1-3-12-4-2-10-25-20(12)16/h1-11,27H,(H,28,29). The van der Waals surface area contributed by atoms with E-state index in [-0.39, 0.29) is 11.4 Å². The van der Waals surface area contributed by atoms with Gasteiger partial charge in [-0.2, -0.15) is 0 Å². The van der Waals surface area contributed by atoms with Crippen molar-refractivity contribution in [2.75, 3.05) is 10.6 Å². The summed E-state index contributed by atoms with van der Waals surface area (Å²) in [6.45, 7) is 0. The molecule has 4 rings (SSSR count). The maximum atomic E-state index is 13.8. The van der Waals surface area contributed by atoms with Gasteiger partial charge in [-0.05, 0) is 36.4 Å². The Morgan fingerprint density at radius 1 is 0.828 bits per heavy atom. The van der Waals surface area contributed by atoms with Crippen LogP contribution in [0.1, 0.15) is 10.5 Å². The topological polar surface area (TPSA) is 66.9 Å². The first kappa shape index (κ1) is 18.4. The van der Waals surface area contributed by atoms with E-state index in [0.717, 1.165) is 17.5 Å². The Labute approximate surface area is 163 Å². The monoisotopic (exact) mass is 394 g/mol. The summed E-state index contributed by atoms with van der Waals surface area (Å²) in [6, 6.07) is 13.9. The number of rotatable bonds is 4. The molecule has 0 radical (unpaired) electrons. The molecule has 0 atom stereocenters. The molecule has 0 spiro atoms. The fourth-order valence-electron chi connectivity index (χ4n) is 2.77. The third-order valence-corrected chi connectivity index (χ3v) is 4.19. The maximum Gasteiger partial charge on any atom is 0.274 e. The zero-order chi connectivity index (χ0) is 20.4. The van der Waals surface area contributed by atoms with Crippen LogP contribution in [0.15, 0.2) is 67.0 Å². The molecule has 2 N–H and O–H groups in total. The number of hydrogen-bond donors (Lipinski definition) is 2. The molecule has 5 nitrogen and oxygen atoms in total. The second-order valence-electron chi connectivity index (χ2n) is 6.11. The Balaban J connectivity index is 1.52. The molecule has 144 valence electrons. The van der Waals surface area contributed by atoms with Gasteiger partial charge in [-0.3, -0.25) is 9.78 Å². The molecule has 0 aliphatic carbocycles. The molecule has 1 amide bonds. The summed E-state index contributed by atoms with van der Waals surface area (Å²) in [6.07, 6.45) is 2.92. The first-order chi connectivity index (χ1) is 14.0. The number of anilines is 3. The molecule has 0 aliphatic rings. The molecule has 0 bridgehead atoms. The summed E-state index contributed by atoms with van der Waals surface area (Å²) in [4.78, 5) is 20.8. The first-order valence-corrected chi connectivity index (χ1v) is 8.54. The van der Waals surface area contributed by atoms with Crippen LogP contribution in [0.4, 0.5) is 30.2 Å². The van der Waals surface area contributed by atoms with Crippen LogP contribution in [0, 0.1) is 17.5 Å². The molecule has 2 heterocycles. The smallest absolute Gasteiger partial charge is 0.274 e. The summed E-state index contributed by atoms with van der Waals surface area (Å²) in [5.74, 6) is -4.63. The van der Waals surface area contributed by atoms with Crippen LogP contribution in [0.25, 0.3) is 10.9 Å².